The van der Waals surface area contributed by atoms with Crippen molar-refractivity contribution in [2.75, 3.05) is 32.7 Å². The van der Waals surface area contributed by atoms with E-state index in [1.54, 1.807) is 0 Å². The van der Waals surface area contributed by atoms with Crippen molar-refractivity contribution in [2.45, 2.75) is 44.2 Å². The molecule has 0 aromatic carbocycles. The summed E-state index contributed by atoms with van der Waals surface area (Å²) in [6.45, 7) is 5.68. The van der Waals surface area contributed by atoms with Crippen LogP contribution >= 0.6 is 0 Å². The highest BCUT2D eigenvalue weighted by Gasteiger charge is 2.25. The normalized spacial score (nSPS) is 25.9. The van der Waals surface area contributed by atoms with Crippen LogP contribution in [0.2, 0.25) is 0 Å². The Kier molecular flexibility index (Phi) is 4.78. The Hall–Kier alpha value is -0.630. The monoisotopic (exact) mass is 236 g/mol. The van der Waals surface area contributed by atoms with E-state index in [1.165, 1.54) is 38.8 Å². The molecule has 2 fully saturated rings. The van der Waals surface area contributed by atoms with E-state index in [0.29, 0.717) is 0 Å². The lowest BCUT2D eigenvalue weighted by molar-refractivity contribution is 0.0968. The third kappa shape index (κ3) is 3.67. The fourth-order valence-electron chi connectivity index (χ4n) is 3.01. The van der Waals surface area contributed by atoms with Gasteiger partial charge in [0.25, 0.3) is 0 Å². The van der Waals surface area contributed by atoms with E-state index in [2.05, 4.69) is 15.9 Å². The first kappa shape index (κ1) is 12.8. The minimum Gasteiger partial charge on any atom is -0.316 e. The molecule has 2 aliphatic rings. The number of nitrogens with zero attached hydrogens (tertiary/aromatic N) is 3. The van der Waals surface area contributed by atoms with E-state index in [0.717, 1.165) is 32.1 Å². The first-order valence-electron chi connectivity index (χ1n) is 6.91. The molecule has 17 heavy (non-hydrogen) atoms. The zero-order chi connectivity index (χ0) is 12.1. The van der Waals surface area contributed by atoms with Crippen LogP contribution in [0.3, 0.4) is 0 Å². The Morgan fingerprint density at radius 2 is 1.82 bits per heavy atom. The van der Waals surface area contributed by atoms with Crippen LogP contribution in [0.4, 0.5) is 0 Å². The third-order valence-corrected chi connectivity index (χ3v) is 4.17. The fraction of sp³-hybridized carbons (Fsp3) is 0.923. The van der Waals surface area contributed by atoms with Crippen molar-refractivity contribution in [3.05, 3.63) is 0 Å². The molecule has 1 unspecified atom stereocenters. The molecule has 2 N–H and O–H groups in total. The fourth-order valence-corrected chi connectivity index (χ4v) is 3.01. The lowest BCUT2D eigenvalue weighted by atomic mass is 10.1. The summed E-state index contributed by atoms with van der Waals surface area (Å²) in [5.41, 5.74) is 5.62. The van der Waals surface area contributed by atoms with Crippen LogP contribution < -0.4 is 5.73 Å². The van der Waals surface area contributed by atoms with Gasteiger partial charge in [0.05, 0.1) is 12.1 Å². The van der Waals surface area contributed by atoms with Gasteiger partial charge < -0.3 is 10.6 Å². The number of hydrogen-bond donors (Lipinski definition) is 1. The SMILES string of the molecule is N#CC(N)CCN1CCN(C2CCCC2)CC1. The Balaban J connectivity index is 1.65. The molecule has 2 rings (SSSR count). The molecule has 4 nitrogen and oxygen atoms in total. The highest BCUT2D eigenvalue weighted by atomic mass is 15.3. The summed E-state index contributed by atoms with van der Waals surface area (Å²) in [5.74, 6) is 0. The molecule has 1 heterocycles. The molecule has 0 aromatic heterocycles. The summed E-state index contributed by atoms with van der Waals surface area (Å²) in [5, 5.41) is 8.65. The quantitative estimate of drug-likeness (QED) is 0.784. The number of rotatable bonds is 4. The van der Waals surface area contributed by atoms with Gasteiger partial charge >= 0.3 is 0 Å². The molecule has 96 valence electrons. The zero-order valence-corrected chi connectivity index (χ0v) is 10.6. The van der Waals surface area contributed by atoms with Crippen LogP contribution in [0, 0.1) is 11.3 Å². The van der Waals surface area contributed by atoms with E-state index in [4.69, 9.17) is 11.0 Å². The molecule has 1 atom stereocenters. The second-order valence-electron chi connectivity index (χ2n) is 5.34. The highest BCUT2D eigenvalue weighted by Crippen LogP contribution is 2.24. The summed E-state index contributed by atoms with van der Waals surface area (Å²) in [6, 6.07) is 2.67. The summed E-state index contributed by atoms with van der Waals surface area (Å²) < 4.78 is 0. The average molecular weight is 236 g/mol. The largest absolute Gasteiger partial charge is 0.316 e. The molecule has 1 saturated carbocycles. The molecule has 0 bridgehead atoms. The maximum atomic E-state index is 8.65. The lowest BCUT2D eigenvalue weighted by Crippen LogP contribution is -2.50. The van der Waals surface area contributed by atoms with E-state index in [9.17, 15) is 0 Å². The maximum Gasteiger partial charge on any atom is 0.0940 e. The number of piperazine rings is 1. The van der Waals surface area contributed by atoms with Crippen molar-refractivity contribution in [1.82, 2.24) is 9.80 Å². The van der Waals surface area contributed by atoms with Crippen molar-refractivity contribution in [3.8, 4) is 6.07 Å². The first-order valence-corrected chi connectivity index (χ1v) is 6.91. The minimum absolute atomic E-state index is 0.289. The van der Waals surface area contributed by atoms with Crippen molar-refractivity contribution in [2.24, 2.45) is 5.73 Å². The van der Waals surface area contributed by atoms with Crippen LogP contribution in [-0.4, -0.2) is 54.6 Å². The molecule has 0 radical (unpaired) electrons. The van der Waals surface area contributed by atoms with Gasteiger partial charge in [-0.2, -0.15) is 5.26 Å². The molecule has 0 amide bonds. The van der Waals surface area contributed by atoms with Gasteiger partial charge in [-0.25, -0.2) is 0 Å². The molecular formula is C13H24N4. The molecule has 0 spiro atoms. The predicted octanol–water partition coefficient (Wildman–Crippen LogP) is 0.788. The first-order chi connectivity index (χ1) is 8.29. The number of nitrogens with two attached hydrogens (primary N) is 1. The van der Waals surface area contributed by atoms with Crippen molar-refractivity contribution >= 4 is 0 Å². The van der Waals surface area contributed by atoms with Gasteiger partial charge in [-0.15, -0.1) is 0 Å². The average Bonchev–Trinajstić information content (AvgIpc) is 2.90. The smallest absolute Gasteiger partial charge is 0.0940 e. The molecule has 1 saturated heterocycles. The maximum absolute atomic E-state index is 8.65. The molecule has 0 aromatic rings. The van der Waals surface area contributed by atoms with Gasteiger partial charge in [0.2, 0.25) is 0 Å². The molecule has 1 aliphatic heterocycles. The Bertz CT molecular complexity index is 259. The highest BCUT2D eigenvalue weighted by molar-refractivity contribution is 4.88. The lowest BCUT2D eigenvalue weighted by Gasteiger charge is -2.38. The van der Waals surface area contributed by atoms with Gasteiger partial charge in [-0.1, -0.05) is 12.8 Å². The Morgan fingerprint density at radius 1 is 1.18 bits per heavy atom. The second kappa shape index (κ2) is 6.34. The molecular weight excluding hydrogens is 212 g/mol. The zero-order valence-electron chi connectivity index (χ0n) is 10.6. The topological polar surface area (TPSA) is 56.3 Å². The predicted molar refractivity (Wildman–Crippen MR) is 68.5 cm³/mol. The molecule has 4 heteroatoms. The standard InChI is InChI=1S/C13H24N4/c14-11-12(15)5-6-16-7-9-17(10-8-16)13-3-1-2-4-13/h12-13H,1-10,15H2. The van der Waals surface area contributed by atoms with Crippen LogP contribution in [0.25, 0.3) is 0 Å². The molecule has 1 aliphatic carbocycles. The Labute approximate surface area is 104 Å². The Morgan fingerprint density at radius 3 is 2.41 bits per heavy atom. The van der Waals surface area contributed by atoms with Crippen molar-refractivity contribution < 1.29 is 0 Å². The van der Waals surface area contributed by atoms with E-state index in [-0.39, 0.29) is 6.04 Å². The van der Waals surface area contributed by atoms with Gasteiger partial charge in [-0.3, -0.25) is 4.90 Å². The van der Waals surface area contributed by atoms with Gasteiger partial charge in [0, 0.05) is 38.8 Å². The minimum atomic E-state index is -0.289. The van der Waals surface area contributed by atoms with Crippen LogP contribution in [-0.2, 0) is 0 Å². The summed E-state index contributed by atoms with van der Waals surface area (Å²) in [7, 11) is 0. The van der Waals surface area contributed by atoms with Gasteiger partial charge in [0.15, 0.2) is 0 Å². The second-order valence-corrected chi connectivity index (χ2v) is 5.34. The number of nitriles is 1. The third-order valence-electron chi connectivity index (χ3n) is 4.17. The van der Waals surface area contributed by atoms with Gasteiger partial charge in [0.1, 0.15) is 0 Å². The number of hydrogen-bond acceptors (Lipinski definition) is 4. The summed E-state index contributed by atoms with van der Waals surface area (Å²) in [6.07, 6.45) is 6.45. The van der Waals surface area contributed by atoms with Crippen LogP contribution in [0.15, 0.2) is 0 Å². The van der Waals surface area contributed by atoms with E-state index < -0.39 is 0 Å². The van der Waals surface area contributed by atoms with Gasteiger partial charge in [-0.05, 0) is 19.3 Å². The van der Waals surface area contributed by atoms with Crippen molar-refractivity contribution in [1.29, 1.82) is 5.26 Å². The van der Waals surface area contributed by atoms with Crippen LogP contribution in [0.1, 0.15) is 32.1 Å². The summed E-state index contributed by atoms with van der Waals surface area (Å²) in [4.78, 5) is 5.11. The van der Waals surface area contributed by atoms with Crippen molar-refractivity contribution in [3.63, 3.8) is 0 Å². The van der Waals surface area contributed by atoms with Crippen LogP contribution in [0.5, 0.6) is 0 Å². The van der Waals surface area contributed by atoms with E-state index in [1.807, 2.05) is 0 Å². The van der Waals surface area contributed by atoms with E-state index >= 15 is 0 Å². The summed E-state index contributed by atoms with van der Waals surface area (Å²) >= 11 is 0.